The quantitative estimate of drug-likeness (QED) is 0.815. The predicted molar refractivity (Wildman–Crippen MR) is 101 cm³/mol. The lowest BCUT2D eigenvalue weighted by Gasteiger charge is -2.21. The van der Waals surface area contributed by atoms with Crippen LogP contribution in [0.3, 0.4) is 0 Å². The molecule has 0 unspecified atom stereocenters. The summed E-state index contributed by atoms with van der Waals surface area (Å²) >= 11 is 0. The molecule has 134 valence electrons. The molecule has 0 aliphatic carbocycles. The minimum absolute atomic E-state index is 0.630. The van der Waals surface area contributed by atoms with Crippen LogP contribution in [0.1, 0.15) is 19.4 Å². The largest absolute Gasteiger partial charge is 0.497 e. The van der Waals surface area contributed by atoms with Gasteiger partial charge in [0.05, 0.1) is 14.2 Å². The van der Waals surface area contributed by atoms with E-state index in [2.05, 4.69) is 30.9 Å². The van der Waals surface area contributed by atoms with Crippen molar-refractivity contribution in [2.75, 3.05) is 33.9 Å². The van der Waals surface area contributed by atoms with E-state index in [9.17, 15) is 0 Å². The molecule has 0 radical (unpaired) electrons. The van der Waals surface area contributed by atoms with Crippen LogP contribution in [0.25, 0.3) is 11.1 Å². The maximum atomic E-state index is 6.03. The highest BCUT2D eigenvalue weighted by molar-refractivity contribution is 5.70. The molecule has 1 aliphatic rings. The maximum Gasteiger partial charge on any atom is 0.165 e. The Labute approximate surface area is 150 Å². The number of hydrogen-bond donors (Lipinski definition) is 0. The van der Waals surface area contributed by atoms with Crippen molar-refractivity contribution in [2.45, 2.75) is 20.4 Å². The van der Waals surface area contributed by atoms with Crippen molar-refractivity contribution in [3.8, 4) is 28.4 Å². The van der Waals surface area contributed by atoms with E-state index >= 15 is 0 Å². The van der Waals surface area contributed by atoms with Crippen molar-refractivity contribution in [3.63, 3.8) is 0 Å². The van der Waals surface area contributed by atoms with Gasteiger partial charge in [0.2, 0.25) is 0 Å². The second-order valence-corrected chi connectivity index (χ2v) is 6.88. The van der Waals surface area contributed by atoms with E-state index in [4.69, 9.17) is 14.2 Å². The van der Waals surface area contributed by atoms with Crippen LogP contribution in [-0.2, 0) is 6.54 Å². The Hall–Kier alpha value is -2.20. The summed E-state index contributed by atoms with van der Waals surface area (Å²) in [7, 11) is 3.39. The summed E-state index contributed by atoms with van der Waals surface area (Å²) in [5.74, 6) is 3.15. The average Bonchev–Trinajstić information content (AvgIpc) is 2.81. The van der Waals surface area contributed by atoms with Gasteiger partial charge in [-0.05, 0) is 41.3 Å². The van der Waals surface area contributed by atoms with Crippen molar-refractivity contribution in [1.82, 2.24) is 4.90 Å². The first-order valence-corrected chi connectivity index (χ1v) is 8.81. The third kappa shape index (κ3) is 4.07. The van der Waals surface area contributed by atoms with Gasteiger partial charge in [-0.25, -0.2) is 0 Å². The van der Waals surface area contributed by atoms with E-state index in [0.717, 1.165) is 48.0 Å². The Kier molecular flexibility index (Phi) is 5.49. The molecular weight excluding hydrogens is 314 g/mol. The first-order chi connectivity index (χ1) is 12.1. The maximum absolute atomic E-state index is 6.03. The number of fused-ring (bicyclic) bond motifs is 1. The average molecular weight is 341 g/mol. The molecule has 0 spiro atoms. The van der Waals surface area contributed by atoms with Gasteiger partial charge in [-0.1, -0.05) is 26.0 Å². The van der Waals surface area contributed by atoms with Gasteiger partial charge in [-0.3, -0.25) is 4.90 Å². The zero-order valence-electron chi connectivity index (χ0n) is 15.5. The summed E-state index contributed by atoms with van der Waals surface area (Å²) in [6, 6.07) is 12.4. The van der Waals surface area contributed by atoms with E-state index in [-0.39, 0.29) is 0 Å². The molecule has 0 saturated heterocycles. The third-order valence-corrected chi connectivity index (χ3v) is 4.43. The fourth-order valence-corrected chi connectivity index (χ4v) is 3.33. The fourth-order valence-electron chi connectivity index (χ4n) is 3.33. The van der Waals surface area contributed by atoms with Crippen LogP contribution in [-0.4, -0.2) is 38.8 Å². The molecule has 2 aromatic carbocycles. The minimum atomic E-state index is 0.630. The Balaban J connectivity index is 2.01. The first kappa shape index (κ1) is 17.6. The zero-order valence-corrected chi connectivity index (χ0v) is 15.5. The van der Waals surface area contributed by atoms with Crippen molar-refractivity contribution in [1.29, 1.82) is 0 Å². The third-order valence-electron chi connectivity index (χ3n) is 4.43. The molecule has 0 N–H and O–H groups in total. The van der Waals surface area contributed by atoms with E-state index in [1.54, 1.807) is 14.2 Å². The number of benzene rings is 2. The number of ether oxygens (including phenoxy) is 3. The molecule has 0 aromatic heterocycles. The molecular formula is C21H27NO3. The van der Waals surface area contributed by atoms with Crippen molar-refractivity contribution < 1.29 is 14.2 Å². The summed E-state index contributed by atoms with van der Waals surface area (Å²) in [4.78, 5) is 2.45. The van der Waals surface area contributed by atoms with Gasteiger partial charge in [-0.2, -0.15) is 0 Å². The van der Waals surface area contributed by atoms with Gasteiger partial charge in [0, 0.05) is 25.2 Å². The Morgan fingerprint density at radius 2 is 1.92 bits per heavy atom. The molecule has 0 amide bonds. The van der Waals surface area contributed by atoms with E-state index in [1.165, 1.54) is 5.56 Å². The van der Waals surface area contributed by atoms with Gasteiger partial charge in [0.15, 0.2) is 11.5 Å². The lowest BCUT2D eigenvalue weighted by atomic mass is 10.0. The van der Waals surface area contributed by atoms with Crippen molar-refractivity contribution in [3.05, 3.63) is 42.0 Å². The van der Waals surface area contributed by atoms with E-state index in [0.29, 0.717) is 12.5 Å². The van der Waals surface area contributed by atoms with Crippen molar-refractivity contribution in [2.24, 2.45) is 5.92 Å². The van der Waals surface area contributed by atoms with Crippen molar-refractivity contribution >= 4 is 0 Å². The van der Waals surface area contributed by atoms with Gasteiger partial charge >= 0.3 is 0 Å². The molecule has 0 bridgehead atoms. The van der Waals surface area contributed by atoms with Gasteiger partial charge < -0.3 is 14.2 Å². The Bertz CT molecular complexity index is 727. The summed E-state index contributed by atoms with van der Waals surface area (Å²) in [6.45, 7) is 8.06. The summed E-state index contributed by atoms with van der Waals surface area (Å²) < 4.78 is 17.0. The molecule has 0 fully saturated rings. The Morgan fingerprint density at radius 3 is 2.64 bits per heavy atom. The standard InChI is InChI=1S/C21H27NO3/c1-15(2)13-22-8-9-25-21-18(14-22)10-17(12-20(21)24-4)16-6-5-7-19(11-16)23-3/h5-7,10-12,15H,8-9,13-14H2,1-4H3. The van der Waals surface area contributed by atoms with E-state index in [1.807, 2.05) is 24.3 Å². The molecule has 2 aromatic rings. The van der Waals surface area contributed by atoms with Gasteiger partial charge in [-0.15, -0.1) is 0 Å². The molecule has 25 heavy (non-hydrogen) atoms. The first-order valence-electron chi connectivity index (χ1n) is 8.81. The fraction of sp³-hybridized carbons (Fsp3) is 0.429. The number of nitrogens with zero attached hydrogens (tertiary/aromatic N) is 1. The summed E-state index contributed by atoms with van der Waals surface area (Å²) in [6.07, 6.45) is 0. The van der Waals surface area contributed by atoms with Gasteiger partial charge in [0.25, 0.3) is 0 Å². The molecule has 0 atom stereocenters. The normalized spacial score (nSPS) is 14.6. The molecule has 4 heteroatoms. The summed E-state index contributed by atoms with van der Waals surface area (Å²) in [5, 5.41) is 0. The van der Waals surface area contributed by atoms with Gasteiger partial charge in [0.1, 0.15) is 12.4 Å². The second kappa shape index (κ2) is 7.79. The zero-order chi connectivity index (χ0) is 17.8. The topological polar surface area (TPSA) is 30.9 Å². The highest BCUT2D eigenvalue weighted by Gasteiger charge is 2.21. The van der Waals surface area contributed by atoms with Crippen LogP contribution in [0, 0.1) is 5.92 Å². The van der Waals surface area contributed by atoms with Crippen LogP contribution in [0.15, 0.2) is 36.4 Å². The number of rotatable bonds is 5. The second-order valence-electron chi connectivity index (χ2n) is 6.88. The SMILES string of the molecule is COc1cccc(-c2cc3c(c(OC)c2)OCCN(CC(C)C)C3)c1. The predicted octanol–water partition coefficient (Wildman–Crippen LogP) is 4.22. The number of methoxy groups -OCH3 is 2. The van der Waals surface area contributed by atoms with E-state index < -0.39 is 0 Å². The van der Waals surface area contributed by atoms with Crippen LogP contribution < -0.4 is 14.2 Å². The highest BCUT2D eigenvalue weighted by Crippen LogP contribution is 2.39. The van der Waals surface area contributed by atoms with Crippen LogP contribution in [0.2, 0.25) is 0 Å². The lowest BCUT2D eigenvalue weighted by molar-refractivity contribution is 0.205. The molecule has 3 rings (SSSR count). The van der Waals surface area contributed by atoms with Crippen LogP contribution in [0.5, 0.6) is 17.2 Å². The smallest absolute Gasteiger partial charge is 0.165 e. The van der Waals surface area contributed by atoms with Crippen LogP contribution in [0.4, 0.5) is 0 Å². The molecule has 1 aliphatic heterocycles. The number of hydrogen-bond acceptors (Lipinski definition) is 4. The summed E-state index contributed by atoms with van der Waals surface area (Å²) in [5.41, 5.74) is 3.40. The monoisotopic (exact) mass is 341 g/mol. The highest BCUT2D eigenvalue weighted by atomic mass is 16.5. The molecule has 4 nitrogen and oxygen atoms in total. The Morgan fingerprint density at radius 1 is 1.08 bits per heavy atom. The van der Waals surface area contributed by atoms with Crippen LogP contribution >= 0.6 is 0 Å². The molecule has 0 saturated carbocycles. The molecule has 1 heterocycles. The minimum Gasteiger partial charge on any atom is -0.497 e. The lowest BCUT2D eigenvalue weighted by Crippen LogP contribution is -2.29.